The van der Waals surface area contributed by atoms with E-state index in [4.69, 9.17) is 16.0 Å². The summed E-state index contributed by atoms with van der Waals surface area (Å²) in [5.74, 6) is 3.78. The number of carbonyl (C=O) groups is 1. The molecule has 1 aliphatic heterocycles. The molecule has 1 amide bonds. The molecule has 0 spiro atoms. The van der Waals surface area contributed by atoms with Crippen LogP contribution in [0.3, 0.4) is 0 Å². The van der Waals surface area contributed by atoms with Crippen LogP contribution in [0.15, 0.2) is 30.6 Å². The van der Waals surface area contributed by atoms with Gasteiger partial charge in [0, 0.05) is 36.8 Å². The normalized spacial score (nSPS) is 30.3. The maximum absolute atomic E-state index is 13.8. The van der Waals surface area contributed by atoms with Crippen molar-refractivity contribution in [2.24, 2.45) is 23.2 Å². The SMILES string of the molecule is O=C(N1CCN(c2ncnc3c(-c4ccc(Cl)cc4)nsc23)CC1)C12CC3CC(CC(C3)C1)C2. The van der Waals surface area contributed by atoms with E-state index < -0.39 is 0 Å². The lowest BCUT2D eigenvalue weighted by Crippen LogP contribution is -2.58. The van der Waals surface area contributed by atoms with Gasteiger partial charge in [0.05, 0.1) is 5.41 Å². The highest BCUT2D eigenvalue weighted by Crippen LogP contribution is 2.60. The molecule has 0 N–H and O–H groups in total. The van der Waals surface area contributed by atoms with Gasteiger partial charge in [0.2, 0.25) is 5.91 Å². The predicted octanol–water partition coefficient (Wildman–Crippen LogP) is 5.27. The Balaban J connectivity index is 1.10. The van der Waals surface area contributed by atoms with E-state index in [1.165, 1.54) is 30.8 Å². The van der Waals surface area contributed by atoms with Crippen LogP contribution in [-0.4, -0.2) is 51.3 Å². The minimum atomic E-state index is -0.0513. The number of aromatic nitrogens is 3. The van der Waals surface area contributed by atoms with E-state index >= 15 is 0 Å². The third-order valence-corrected chi connectivity index (χ3v) is 9.80. The van der Waals surface area contributed by atoms with Gasteiger partial charge in [-0.1, -0.05) is 23.7 Å². The van der Waals surface area contributed by atoms with E-state index in [1.54, 1.807) is 6.33 Å². The lowest BCUT2D eigenvalue weighted by Gasteiger charge is -2.57. The molecule has 4 saturated carbocycles. The maximum Gasteiger partial charge on any atom is 0.228 e. The summed E-state index contributed by atoms with van der Waals surface area (Å²) in [5, 5.41) is 0.708. The van der Waals surface area contributed by atoms with Gasteiger partial charge in [-0.15, -0.1) is 0 Å². The van der Waals surface area contributed by atoms with Gasteiger partial charge in [0.15, 0.2) is 5.82 Å². The largest absolute Gasteiger partial charge is 0.352 e. The minimum Gasteiger partial charge on any atom is -0.352 e. The number of amides is 1. The molecule has 6 nitrogen and oxygen atoms in total. The van der Waals surface area contributed by atoms with Crippen LogP contribution in [0.4, 0.5) is 5.82 Å². The second-order valence-electron chi connectivity index (χ2n) is 10.9. The second-order valence-corrected chi connectivity index (χ2v) is 12.1. The van der Waals surface area contributed by atoms with Crippen molar-refractivity contribution in [3.05, 3.63) is 35.6 Å². The average molecular weight is 494 g/mol. The molecule has 4 bridgehead atoms. The van der Waals surface area contributed by atoms with Gasteiger partial charge in [-0.25, -0.2) is 9.97 Å². The Labute approximate surface area is 208 Å². The fourth-order valence-corrected chi connectivity index (χ4v) is 8.60. The molecule has 0 atom stereocenters. The van der Waals surface area contributed by atoms with E-state index in [-0.39, 0.29) is 5.41 Å². The smallest absolute Gasteiger partial charge is 0.228 e. The fourth-order valence-electron chi connectivity index (χ4n) is 7.60. The molecule has 0 radical (unpaired) electrons. The number of rotatable bonds is 3. The predicted molar refractivity (Wildman–Crippen MR) is 135 cm³/mol. The molecule has 1 aromatic carbocycles. The van der Waals surface area contributed by atoms with E-state index in [2.05, 4.69) is 19.8 Å². The molecule has 34 heavy (non-hydrogen) atoms. The third kappa shape index (κ3) is 3.34. The second kappa shape index (κ2) is 7.89. The zero-order chi connectivity index (χ0) is 22.9. The van der Waals surface area contributed by atoms with Crippen LogP contribution >= 0.6 is 23.1 Å². The first-order valence-corrected chi connectivity index (χ1v) is 13.6. The molecule has 176 valence electrons. The Morgan fingerprint density at radius 1 is 0.941 bits per heavy atom. The van der Waals surface area contributed by atoms with Crippen LogP contribution in [0.5, 0.6) is 0 Å². The van der Waals surface area contributed by atoms with Crippen molar-refractivity contribution in [2.45, 2.75) is 38.5 Å². The Bertz CT molecular complexity index is 1210. The van der Waals surface area contributed by atoms with Crippen molar-refractivity contribution < 1.29 is 4.79 Å². The van der Waals surface area contributed by atoms with Crippen LogP contribution in [0.1, 0.15) is 38.5 Å². The van der Waals surface area contributed by atoms with E-state index in [9.17, 15) is 4.79 Å². The molecular formula is C26H28ClN5OS. The highest BCUT2D eigenvalue weighted by molar-refractivity contribution is 7.14. The molecule has 1 saturated heterocycles. The number of nitrogens with zero attached hydrogens (tertiary/aromatic N) is 5. The summed E-state index contributed by atoms with van der Waals surface area (Å²) in [6.07, 6.45) is 9.17. The summed E-state index contributed by atoms with van der Waals surface area (Å²) in [6, 6.07) is 7.72. The molecule has 5 fully saturated rings. The third-order valence-electron chi connectivity index (χ3n) is 8.71. The Hall–Kier alpha value is -2.25. The molecule has 3 aromatic rings. The monoisotopic (exact) mass is 493 g/mol. The van der Waals surface area contributed by atoms with Crippen LogP contribution < -0.4 is 4.90 Å². The lowest BCUT2D eigenvalue weighted by atomic mass is 9.49. The van der Waals surface area contributed by atoms with Crippen LogP contribution in [0.2, 0.25) is 5.02 Å². The summed E-state index contributed by atoms with van der Waals surface area (Å²) in [7, 11) is 0. The van der Waals surface area contributed by atoms with Gasteiger partial charge in [-0.05, 0) is 79.9 Å². The number of piperazine rings is 1. The molecule has 8 rings (SSSR count). The fraction of sp³-hybridized carbons (Fsp3) is 0.538. The molecule has 3 heterocycles. The van der Waals surface area contributed by atoms with Gasteiger partial charge in [0.1, 0.15) is 22.2 Å². The summed E-state index contributed by atoms with van der Waals surface area (Å²) < 4.78 is 5.71. The van der Waals surface area contributed by atoms with Crippen molar-refractivity contribution in [1.82, 2.24) is 19.2 Å². The van der Waals surface area contributed by atoms with Crippen LogP contribution in [0.25, 0.3) is 21.5 Å². The first-order chi connectivity index (χ1) is 16.6. The van der Waals surface area contributed by atoms with Crippen LogP contribution in [-0.2, 0) is 4.79 Å². The van der Waals surface area contributed by atoms with E-state index in [0.717, 1.165) is 90.5 Å². The van der Waals surface area contributed by atoms with Gasteiger partial charge >= 0.3 is 0 Å². The molecule has 2 aromatic heterocycles. The standard InChI is InChI=1S/C26H28ClN5OS/c27-20-3-1-19(2-4-20)21-22-23(34-30-21)24(29-15-28-22)31-5-7-32(8-6-31)25(33)26-12-16-9-17(13-26)11-18(10-16)14-26/h1-4,15-18H,5-14H2. The molecule has 0 unspecified atom stereocenters. The van der Waals surface area contributed by atoms with E-state index in [0.29, 0.717) is 10.9 Å². The topological polar surface area (TPSA) is 62.2 Å². The molecule has 4 aliphatic carbocycles. The highest BCUT2D eigenvalue weighted by atomic mass is 35.5. The number of carbonyl (C=O) groups excluding carboxylic acids is 1. The number of fused-ring (bicyclic) bond motifs is 1. The lowest BCUT2D eigenvalue weighted by molar-refractivity contribution is -0.158. The van der Waals surface area contributed by atoms with Crippen LogP contribution in [0, 0.1) is 23.2 Å². The van der Waals surface area contributed by atoms with Gasteiger partial charge in [-0.2, -0.15) is 4.37 Å². The average Bonchev–Trinajstić information content (AvgIpc) is 3.28. The van der Waals surface area contributed by atoms with Crippen molar-refractivity contribution >= 4 is 45.1 Å². The van der Waals surface area contributed by atoms with Crippen molar-refractivity contribution in [3.63, 3.8) is 0 Å². The van der Waals surface area contributed by atoms with Gasteiger partial charge in [-0.3, -0.25) is 4.79 Å². The molecular weight excluding hydrogens is 466 g/mol. The zero-order valence-corrected chi connectivity index (χ0v) is 20.7. The van der Waals surface area contributed by atoms with Crippen molar-refractivity contribution in [1.29, 1.82) is 0 Å². The molecule has 5 aliphatic rings. The highest BCUT2D eigenvalue weighted by Gasteiger charge is 2.55. The quantitative estimate of drug-likeness (QED) is 0.497. The summed E-state index contributed by atoms with van der Waals surface area (Å²) >= 11 is 7.51. The Kier molecular flexibility index (Phi) is 4.89. The summed E-state index contributed by atoms with van der Waals surface area (Å²) in [5.41, 5.74) is 2.70. The Morgan fingerprint density at radius 2 is 1.59 bits per heavy atom. The number of halogens is 1. The van der Waals surface area contributed by atoms with E-state index in [1.807, 2.05) is 24.3 Å². The number of anilines is 1. The zero-order valence-electron chi connectivity index (χ0n) is 19.1. The minimum absolute atomic E-state index is 0.0513. The molecule has 8 heteroatoms. The summed E-state index contributed by atoms with van der Waals surface area (Å²) in [4.78, 5) is 27.4. The summed E-state index contributed by atoms with van der Waals surface area (Å²) in [6.45, 7) is 3.15. The van der Waals surface area contributed by atoms with Crippen molar-refractivity contribution in [3.8, 4) is 11.3 Å². The number of hydrogen-bond donors (Lipinski definition) is 0. The number of benzene rings is 1. The number of hydrogen-bond acceptors (Lipinski definition) is 6. The first kappa shape index (κ1) is 21.1. The maximum atomic E-state index is 13.8. The first-order valence-electron chi connectivity index (χ1n) is 12.5. The van der Waals surface area contributed by atoms with Gasteiger partial charge < -0.3 is 9.80 Å². The Morgan fingerprint density at radius 3 is 2.24 bits per heavy atom. The van der Waals surface area contributed by atoms with Crippen molar-refractivity contribution in [2.75, 3.05) is 31.1 Å². The van der Waals surface area contributed by atoms with Gasteiger partial charge in [0.25, 0.3) is 0 Å².